The van der Waals surface area contributed by atoms with Crippen LogP contribution in [-0.4, -0.2) is 14.5 Å². The summed E-state index contributed by atoms with van der Waals surface area (Å²) in [7, 11) is 0. The van der Waals surface area contributed by atoms with Gasteiger partial charge in [0.2, 0.25) is 0 Å². The fourth-order valence-electron chi connectivity index (χ4n) is 1.67. The van der Waals surface area contributed by atoms with Gasteiger partial charge in [0.15, 0.2) is 4.96 Å². The van der Waals surface area contributed by atoms with Crippen molar-refractivity contribution < 1.29 is 9.50 Å². The molecule has 3 rings (SSSR count). The summed E-state index contributed by atoms with van der Waals surface area (Å²) < 4.78 is 15.4. The van der Waals surface area contributed by atoms with Gasteiger partial charge in [0.1, 0.15) is 10.8 Å². The summed E-state index contributed by atoms with van der Waals surface area (Å²) >= 11 is 2.72. The molecule has 0 fully saturated rings. The van der Waals surface area contributed by atoms with Crippen molar-refractivity contribution in [3.63, 3.8) is 0 Å². The molecule has 2 heterocycles. The van der Waals surface area contributed by atoms with Gasteiger partial charge in [0.25, 0.3) is 0 Å². The molecule has 0 atom stereocenters. The van der Waals surface area contributed by atoms with Gasteiger partial charge in [-0.05, 0) is 12.1 Å². The Hall–Kier alpha value is -1.37. The molecule has 0 aliphatic rings. The Morgan fingerprint density at radius 3 is 3.00 bits per heavy atom. The summed E-state index contributed by atoms with van der Waals surface area (Å²) in [5.41, 5.74) is 0.694. The van der Waals surface area contributed by atoms with Crippen LogP contribution in [0.3, 0.4) is 0 Å². The molecule has 0 bridgehead atoms. The fourth-order valence-corrected chi connectivity index (χ4v) is 3.39. The SMILES string of the molecule is OCc1c(Sc2ccccc2F)nc2sccn12. The summed E-state index contributed by atoms with van der Waals surface area (Å²) in [5, 5.41) is 12.0. The average molecular weight is 280 g/mol. The predicted octanol–water partition coefficient (Wildman–Crippen LogP) is 3.18. The first-order valence-electron chi connectivity index (χ1n) is 5.27. The molecule has 0 unspecified atom stereocenters. The number of nitrogens with zero attached hydrogens (tertiary/aromatic N) is 2. The maximum atomic E-state index is 13.6. The van der Waals surface area contributed by atoms with Crippen LogP contribution in [0.25, 0.3) is 4.96 Å². The van der Waals surface area contributed by atoms with Gasteiger partial charge in [-0.1, -0.05) is 23.9 Å². The Balaban J connectivity index is 2.04. The third kappa shape index (κ3) is 1.92. The third-order valence-corrected chi connectivity index (χ3v) is 4.35. The zero-order chi connectivity index (χ0) is 12.5. The number of aromatic nitrogens is 2. The van der Waals surface area contributed by atoms with E-state index in [1.807, 2.05) is 16.0 Å². The van der Waals surface area contributed by atoms with Crippen LogP contribution in [0, 0.1) is 5.82 Å². The van der Waals surface area contributed by atoms with E-state index < -0.39 is 0 Å². The van der Waals surface area contributed by atoms with Crippen molar-refractivity contribution in [2.24, 2.45) is 0 Å². The number of thiazole rings is 1. The van der Waals surface area contributed by atoms with Crippen molar-refractivity contribution >= 4 is 28.1 Å². The van der Waals surface area contributed by atoms with Crippen molar-refractivity contribution in [2.45, 2.75) is 16.5 Å². The Labute approximate surface area is 111 Å². The normalized spacial score (nSPS) is 11.2. The van der Waals surface area contributed by atoms with E-state index in [1.54, 1.807) is 18.2 Å². The van der Waals surface area contributed by atoms with Crippen LogP contribution >= 0.6 is 23.1 Å². The number of hydrogen-bond donors (Lipinski definition) is 1. The van der Waals surface area contributed by atoms with E-state index in [9.17, 15) is 9.50 Å². The zero-order valence-corrected chi connectivity index (χ0v) is 10.8. The molecule has 1 N–H and O–H groups in total. The number of benzene rings is 1. The highest BCUT2D eigenvalue weighted by Crippen LogP contribution is 2.33. The van der Waals surface area contributed by atoms with E-state index in [1.165, 1.54) is 29.2 Å². The van der Waals surface area contributed by atoms with Gasteiger partial charge in [-0.2, -0.15) is 0 Å². The minimum Gasteiger partial charge on any atom is -0.390 e. The lowest BCUT2D eigenvalue weighted by Crippen LogP contribution is -1.91. The van der Waals surface area contributed by atoms with E-state index in [-0.39, 0.29) is 12.4 Å². The summed E-state index contributed by atoms with van der Waals surface area (Å²) in [4.78, 5) is 5.71. The number of fused-ring (bicyclic) bond motifs is 1. The van der Waals surface area contributed by atoms with Crippen molar-refractivity contribution in [1.29, 1.82) is 0 Å². The molecule has 0 saturated heterocycles. The Bertz CT molecular complexity index is 692. The van der Waals surface area contributed by atoms with Gasteiger partial charge in [-0.3, -0.25) is 4.40 Å². The van der Waals surface area contributed by atoms with E-state index in [0.717, 1.165) is 4.96 Å². The van der Waals surface area contributed by atoms with Gasteiger partial charge >= 0.3 is 0 Å². The largest absolute Gasteiger partial charge is 0.390 e. The Morgan fingerprint density at radius 2 is 2.22 bits per heavy atom. The fraction of sp³-hybridized carbons (Fsp3) is 0.0833. The predicted molar refractivity (Wildman–Crippen MR) is 69.5 cm³/mol. The molecule has 0 aliphatic carbocycles. The molecule has 2 aromatic heterocycles. The lowest BCUT2D eigenvalue weighted by Gasteiger charge is -2.02. The van der Waals surface area contributed by atoms with Gasteiger partial charge < -0.3 is 5.11 Å². The van der Waals surface area contributed by atoms with Crippen LogP contribution in [0.2, 0.25) is 0 Å². The molecule has 0 aliphatic heterocycles. The molecule has 3 nitrogen and oxygen atoms in total. The first kappa shape index (κ1) is 11.7. The molecule has 0 radical (unpaired) electrons. The molecule has 3 aromatic rings. The first-order valence-corrected chi connectivity index (χ1v) is 6.97. The molecule has 0 spiro atoms. The lowest BCUT2D eigenvalue weighted by atomic mass is 10.3. The highest BCUT2D eigenvalue weighted by atomic mass is 32.2. The molecule has 6 heteroatoms. The maximum Gasteiger partial charge on any atom is 0.195 e. The number of rotatable bonds is 3. The molecule has 18 heavy (non-hydrogen) atoms. The third-order valence-electron chi connectivity index (χ3n) is 2.52. The molecule has 1 aromatic carbocycles. The van der Waals surface area contributed by atoms with Crippen LogP contribution in [0.15, 0.2) is 45.8 Å². The zero-order valence-electron chi connectivity index (χ0n) is 9.21. The van der Waals surface area contributed by atoms with Crippen molar-refractivity contribution in [2.75, 3.05) is 0 Å². The highest BCUT2D eigenvalue weighted by Gasteiger charge is 2.14. The minimum atomic E-state index is -0.275. The van der Waals surface area contributed by atoms with Crippen molar-refractivity contribution in [3.05, 3.63) is 47.4 Å². The molecule has 0 amide bonds. The maximum absolute atomic E-state index is 13.6. The molecular formula is C12H9FN2OS2. The second kappa shape index (κ2) is 4.72. The van der Waals surface area contributed by atoms with Gasteiger partial charge in [-0.15, -0.1) is 11.3 Å². The van der Waals surface area contributed by atoms with Crippen LogP contribution in [0.4, 0.5) is 4.39 Å². The summed E-state index contributed by atoms with van der Waals surface area (Å²) in [6.07, 6.45) is 1.85. The number of aliphatic hydroxyl groups is 1. The average Bonchev–Trinajstić information content (AvgIpc) is 2.92. The standard InChI is InChI=1S/C12H9FN2OS2/c13-8-3-1-2-4-10(8)18-11-9(7-16)15-5-6-17-12(15)14-11/h1-6,16H,7H2. The second-order valence-electron chi connectivity index (χ2n) is 3.61. The minimum absolute atomic E-state index is 0.116. The van der Waals surface area contributed by atoms with Gasteiger partial charge in [0, 0.05) is 16.5 Å². The van der Waals surface area contributed by atoms with Crippen LogP contribution in [-0.2, 0) is 6.61 Å². The second-order valence-corrected chi connectivity index (χ2v) is 5.51. The molecular weight excluding hydrogens is 271 g/mol. The highest BCUT2D eigenvalue weighted by molar-refractivity contribution is 7.99. The Morgan fingerprint density at radius 1 is 1.39 bits per heavy atom. The summed E-state index contributed by atoms with van der Waals surface area (Å²) in [6.45, 7) is -0.116. The first-order chi connectivity index (χ1) is 8.79. The molecule has 0 saturated carbocycles. The topological polar surface area (TPSA) is 37.5 Å². The monoisotopic (exact) mass is 280 g/mol. The smallest absolute Gasteiger partial charge is 0.195 e. The van der Waals surface area contributed by atoms with E-state index in [2.05, 4.69) is 4.98 Å². The summed E-state index contributed by atoms with van der Waals surface area (Å²) in [5.74, 6) is -0.275. The van der Waals surface area contributed by atoms with Crippen molar-refractivity contribution in [3.8, 4) is 0 Å². The quantitative estimate of drug-likeness (QED) is 0.800. The van der Waals surface area contributed by atoms with E-state index in [0.29, 0.717) is 15.6 Å². The van der Waals surface area contributed by atoms with Crippen LogP contribution in [0.1, 0.15) is 5.69 Å². The van der Waals surface area contributed by atoms with Crippen molar-refractivity contribution in [1.82, 2.24) is 9.38 Å². The van der Waals surface area contributed by atoms with Crippen LogP contribution < -0.4 is 0 Å². The van der Waals surface area contributed by atoms with E-state index in [4.69, 9.17) is 0 Å². The lowest BCUT2D eigenvalue weighted by molar-refractivity contribution is 0.272. The van der Waals surface area contributed by atoms with Crippen LogP contribution in [0.5, 0.6) is 0 Å². The number of imidazole rings is 1. The van der Waals surface area contributed by atoms with E-state index >= 15 is 0 Å². The number of aliphatic hydroxyl groups excluding tert-OH is 1. The molecule has 92 valence electrons. The Kier molecular flexibility index (Phi) is 3.07. The number of halogens is 1. The van der Waals surface area contributed by atoms with Gasteiger partial charge in [0.05, 0.1) is 12.3 Å². The number of hydrogen-bond acceptors (Lipinski definition) is 4. The summed E-state index contributed by atoms with van der Waals surface area (Å²) in [6, 6.07) is 6.55. The van der Waals surface area contributed by atoms with Gasteiger partial charge in [-0.25, -0.2) is 9.37 Å².